The van der Waals surface area contributed by atoms with Gasteiger partial charge in [-0.2, -0.15) is 0 Å². The van der Waals surface area contributed by atoms with Crippen LogP contribution in [0.25, 0.3) is 0 Å². The van der Waals surface area contributed by atoms with Crippen LogP contribution < -0.4 is 0 Å². The molecule has 1 aromatic carbocycles. The van der Waals surface area contributed by atoms with E-state index in [1.807, 2.05) is 25.1 Å². The van der Waals surface area contributed by atoms with Crippen LogP contribution in [0.2, 0.25) is 5.02 Å². The first-order valence-corrected chi connectivity index (χ1v) is 6.84. The van der Waals surface area contributed by atoms with Crippen LogP contribution >= 0.6 is 27.5 Å². The summed E-state index contributed by atoms with van der Waals surface area (Å²) in [5, 5.41) is 11.1. The molecule has 0 aliphatic rings. The molecule has 1 aromatic rings. The van der Waals surface area contributed by atoms with Gasteiger partial charge in [0.15, 0.2) is 0 Å². The lowest BCUT2D eigenvalue weighted by Gasteiger charge is -2.27. The van der Waals surface area contributed by atoms with E-state index >= 15 is 0 Å². The second-order valence-corrected chi connectivity index (χ2v) is 5.56. The molecule has 90 valence electrons. The highest BCUT2D eigenvalue weighted by Crippen LogP contribution is 2.28. The van der Waals surface area contributed by atoms with Crippen LogP contribution in [0.3, 0.4) is 0 Å². The molecule has 1 N–H and O–H groups in total. The van der Waals surface area contributed by atoms with Gasteiger partial charge in [0.25, 0.3) is 0 Å². The molecule has 0 fully saturated rings. The lowest BCUT2D eigenvalue weighted by atomic mass is 9.88. The molecule has 0 radical (unpaired) electrons. The van der Waals surface area contributed by atoms with Crippen LogP contribution in [0.4, 0.5) is 0 Å². The van der Waals surface area contributed by atoms with E-state index in [0.29, 0.717) is 6.42 Å². The summed E-state index contributed by atoms with van der Waals surface area (Å²) in [7, 11) is 0. The van der Waals surface area contributed by atoms with E-state index in [-0.39, 0.29) is 0 Å². The third-order valence-corrected chi connectivity index (χ3v) is 3.75. The van der Waals surface area contributed by atoms with Gasteiger partial charge in [-0.05, 0) is 30.5 Å². The topological polar surface area (TPSA) is 20.2 Å². The van der Waals surface area contributed by atoms with Gasteiger partial charge < -0.3 is 5.11 Å². The monoisotopic (exact) mass is 304 g/mol. The Labute approximate surface area is 111 Å². The molecule has 0 aromatic heterocycles. The number of aliphatic hydroxyl groups is 1. The van der Waals surface area contributed by atoms with Crippen molar-refractivity contribution in [3.05, 3.63) is 33.3 Å². The van der Waals surface area contributed by atoms with E-state index in [1.54, 1.807) is 0 Å². The molecular formula is C13H18BrClO. The molecule has 1 unspecified atom stereocenters. The van der Waals surface area contributed by atoms with Gasteiger partial charge in [-0.1, -0.05) is 53.9 Å². The van der Waals surface area contributed by atoms with Gasteiger partial charge in [0.1, 0.15) is 0 Å². The first-order chi connectivity index (χ1) is 7.50. The Hall–Kier alpha value is -0.0500. The highest BCUT2D eigenvalue weighted by Gasteiger charge is 2.24. The number of benzene rings is 1. The predicted octanol–water partition coefficient (Wildman–Crippen LogP) is 4.59. The summed E-state index contributed by atoms with van der Waals surface area (Å²) in [5.74, 6) is 0. The van der Waals surface area contributed by atoms with E-state index in [1.165, 1.54) is 0 Å². The highest BCUT2D eigenvalue weighted by atomic mass is 79.9. The zero-order chi connectivity index (χ0) is 12.2. The summed E-state index contributed by atoms with van der Waals surface area (Å²) in [6.07, 6.45) is 3.19. The summed E-state index contributed by atoms with van der Waals surface area (Å²) in [6.45, 7) is 4.10. The van der Waals surface area contributed by atoms with E-state index < -0.39 is 5.60 Å². The summed E-state index contributed by atoms with van der Waals surface area (Å²) in [6, 6.07) is 5.81. The number of halogens is 2. The molecule has 3 heteroatoms. The average Bonchev–Trinajstić information content (AvgIpc) is 2.23. The molecule has 0 heterocycles. The number of hydrogen-bond donors (Lipinski definition) is 1. The fourth-order valence-electron chi connectivity index (χ4n) is 1.88. The standard InChI is InChI=1S/C13H18BrClO/c1-3-7-13(16,4-2)9-10-5-6-11(14)8-12(10)15/h5-6,8,16H,3-4,7,9H2,1-2H3. The number of rotatable bonds is 5. The minimum Gasteiger partial charge on any atom is -0.390 e. The van der Waals surface area contributed by atoms with Crippen molar-refractivity contribution < 1.29 is 5.11 Å². The van der Waals surface area contributed by atoms with Gasteiger partial charge in [0.05, 0.1) is 5.60 Å². The van der Waals surface area contributed by atoms with Crippen molar-refractivity contribution >= 4 is 27.5 Å². The summed E-state index contributed by atoms with van der Waals surface area (Å²) in [4.78, 5) is 0. The highest BCUT2D eigenvalue weighted by molar-refractivity contribution is 9.10. The molecular weight excluding hydrogens is 287 g/mol. The molecule has 1 rings (SSSR count). The van der Waals surface area contributed by atoms with Crippen LogP contribution in [0.5, 0.6) is 0 Å². The maximum atomic E-state index is 10.4. The Kier molecular flexibility index (Phi) is 5.29. The Bertz CT molecular complexity index is 354. The molecule has 0 bridgehead atoms. The van der Waals surface area contributed by atoms with Crippen LogP contribution in [0.15, 0.2) is 22.7 Å². The van der Waals surface area contributed by atoms with E-state index in [2.05, 4.69) is 22.9 Å². The summed E-state index contributed by atoms with van der Waals surface area (Å²) < 4.78 is 0.969. The Morgan fingerprint density at radius 3 is 2.56 bits per heavy atom. The fraction of sp³-hybridized carbons (Fsp3) is 0.538. The van der Waals surface area contributed by atoms with Gasteiger partial charge >= 0.3 is 0 Å². The molecule has 0 saturated heterocycles. The number of hydrogen-bond acceptors (Lipinski definition) is 1. The molecule has 0 aliphatic carbocycles. The fourth-order valence-corrected chi connectivity index (χ4v) is 2.62. The van der Waals surface area contributed by atoms with Crippen molar-refractivity contribution in [2.24, 2.45) is 0 Å². The Morgan fingerprint density at radius 1 is 1.38 bits per heavy atom. The predicted molar refractivity (Wildman–Crippen MR) is 73.0 cm³/mol. The quantitative estimate of drug-likeness (QED) is 0.844. The van der Waals surface area contributed by atoms with E-state index in [9.17, 15) is 5.11 Å². The molecule has 16 heavy (non-hydrogen) atoms. The van der Waals surface area contributed by atoms with Gasteiger partial charge in [-0.15, -0.1) is 0 Å². The molecule has 0 spiro atoms. The van der Waals surface area contributed by atoms with Crippen LogP contribution in [0, 0.1) is 0 Å². The molecule has 1 nitrogen and oxygen atoms in total. The lowest BCUT2D eigenvalue weighted by Crippen LogP contribution is -2.30. The second-order valence-electron chi connectivity index (χ2n) is 4.24. The third-order valence-electron chi connectivity index (χ3n) is 2.91. The van der Waals surface area contributed by atoms with E-state index in [0.717, 1.165) is 34.3 Å². The molecule has 1 atom stereocenters. The Morgan fingerprint density at radius 2 is 2.06 bits per heavy atom. The zero-order valence-corrected chi connectivity index (χ0v) is 12.1. The normalized spacial score (nSPS) is 14.8. The average molecular weight is 306 g/mol. The van der Waals surface area contributed by atoms with Crippen molar-refractivity contribution in [2.45, 2.75) is 45.1 Å². The van der Waals surface area contributed by atoms with Crippen molar-refractivity contribution in [2.75, 3.05) is 0 Å². The van der Waals surface area contributed by atoms with E-state index in [4.69, 9.17) is 11.6 Å². The molecule has 0 amide bonds. The maximum absolute atomic E-state index is 10.4. The van der Waals surface area contributed by atoms with Gasteiger partial charge in [0, 0.05) is 15.9 Å². The third kappa shape index (κ3) is 3.76. The van der Waals surface area contributed by atoms with Gasteiger partial charge in [-0.3, -0.25) is 0 Å². The summed E-state index contributed by atoms with van der Waals surface area (Å²) in [5.41, 5.74) is 0.398. The minimum atomic E-state index is -0.619. The maximum Gasteiger partial charge on any atom is 0.0685 e. The van der Waals surface area contributed by atoms with Crippen LogP contribution in [-0.4, -0.2) is 10.7 Å². The first-order valence-electron chi connectivity index (χ1n) is 5.67. The Balaban J connectivity index is 2.85. The van der Waals surface area contributed by atoms with Crippen molar-refractivity contribution in [1.29, 1.82) is 0 Å². The van der Waals surface area contributed by atoms with Gasteiger partial charge in [0.2, 0.25) is 0 Å². The first kappa shape index (κ1) is 14.0. The zero-order valence-electron chi connectivity index (χ0n) is 9.76. The SMILES string of the molecule is CCCC(O)(CC)Cc1ccc(Br)cc1Cl. The van der Waals surface area contributed by atoms with Crippen molar-refractivity contribution in [1.82, 2.24) is 0 Å². The van der Waals surface area contributed by atoms with Gasteiger partial charge in [-0.25, -0.2) is 0 Å². The minimum absolute atomic E-state index is 0.619. The summed E-state index contributed by atoms with van der Waals surface area (Å²) >= 11 is 9.53. The van der Waals surface area contributed by atoms with Crippen molar-refractivity contribution in [3.63, 3.8) is 0 Å². The lowest BCUT2D eigenvalue weighted by molar-refractivity contribution is 0.0271. The van der Waals surface area contributed by atoms with Crippen LogP contribution in [-0.2, 0) is 6.42 Å². The second kappa shape index (κ2) is 6.04. The molecule has 0 aliphatic heterocycles. The largest absolute Gasteiger partial charge is 0.390 e. The van der Waals surface area contributed by atoms with Crippen LogP contribution in [0.1, 0.15) is 38.7 Å². The molecule has 0 saturated carbocycles. The smallest absolute Gasteiger partial charge is 0.0685 e. The van der Waals surface area contributed by atoms with Crippen molar-refractivity contribution in [3.8, 4) is 0 Å².